The summed E-state index contributed by atoms with van der Waals surface area (Å²) < 4.78 is 0. The van der Waals surface area contributed by atoms with Gasteiger partial charge in [0, 0.05) is 25.1 Å². The molecule has 2 amide bonds. The number of likely N-dealkylation sites (tertiary alicyclic amines) is 1. The molecule has 0 radical (unpaired) electrons. The van der Waals surface area contributed by atoms with Crippen LogP contribution >= 0.6 is 0 Å². The second-order valence-electron chi connectivity index (χ2n) is 7.59. The number of primary amides is 1. The third kappa shape index (κ3) is 5.43. The van der Waals surface area contributed by atoms with Crippen LogP contribution in [0.1, 0.15) is 46.3 Å². The van der Waals surface area contributed by atoms with Crippen LogP contribution in [0.2, 0.25) is 0 Å². The first-order valence-corrected chi connectivity index (χ1v) is 9.73. The zero-order chi connectivity index (χ0) is 19.2. The molecular weight excluding hydrogens is 336 g/mol. The Kier molecular flexibility index (Phi) is 6.28. The maximum absolute atomic E-state index is 12.7. The highest BCUT2D eigenvalue weighted by Gasteiger charge is 2.23. The molecule has 4 heteroatoms. The monoisotopic (exact) mass is 364 g/mol. The summed E-state index contributed by atoms with van der Waals surface area (Å²) in [4.78, 5) is 25.5. The van der Waals surface area contributed by atoms with Gasteiger partial charge in [-0.1, -0.05) is 42.0 Å². The number of carbonyl (C=O) groups excluding carboxylic acids is 2. The fourth-order valence-electron chi connectivity index (χ4n) is 3.74. The molecule has 2 N–H and O–H groups in total. The average molecular weight is 364 g/mol. The Hall–Kier alpha value is -2.62. The number of amides is 2. The lowest BCUT2D eigenvalue weighted by Crippen LogP contribution is -2.38. The number of rotatable bonds is 6. The molecule has 27 heavy (non-hydrogen) atoms. The number of piperidine rings is 1. The van der Waals surface area contributed by atoms with Crippen LogP contribution < -0.4 is 5.73 Å². The lowest BCUT2D eigenvalue weighted by Gasteiger charge is -2.32. The predicted molar refractivity (Wildman–Crippen MR) is 107 cm³/mol. The van der Waals surface area contributed by atoms with Crippen molar-refractivity contribution in [2.24, 2.45) is 11.7 Å². The van der Waals surface area contributed by atoms with Crippen molar-refractivity contribution >= 4 is 11.8 Å². The number of hydrogen-bond donors (Lipinski definition) is 1. The van der Waals surface area contributed by atoms with Gasteiger partial charge in [0.2, 0.25) is 5.91 Å². The zero-order valence-corrected chi connectivity index (χ0v) is 16.0. The Bertz CT molecular complexity index is 790. The third-order valence-electron chi connectivity index (χ3n) is 5.37. The smallest absolute Gasteiger partial charge is 0.253 e. The highest BCUT2D eigenvalue weighted by molar-refractivity contribution is 5.94. The van der Waals surface area contributed by atoms with Crippen LogP contribution in [-0.4, -0.2) is 29.8 Å². The van der Waals surface area contributed by atoms with Crippen LogP contribution in [0.4, 0.5) is 0 Å². The second-order valence-corrected chi connectivity index (χ2v) is 7.59. The topological polar surface area (TPSA) is 63.4 Å². The highest BCUT2D eigenvalue weighted by Crippen LogP contribution is 2.23. The van der Waals surface area contributed by atoms with Crippen molar-refractivity contribution in [2.75, 3.05) is 13.1 Å². The lowest BCUT2D eigenvalue weighted by atomic mass is 9.89. The SMILES string of the molecule is Cc1cccc(C(=O)N2CCC(Cc3ccc(CCC(N)=O)cc3)CC2)c1. The van der Waals surface area contributed by atoms with Gasteiger partial charge in [-0.15, -0.1) is 0 Å². The van der Waals surface area contributed by atoms with Gasteiger partial charge in [0.1, 0.15) is 0 Å². The maximum atomic E-state index is 12.7. The molecule has 142 valence electrons. The molecule has 2 aromatic rings. The molecule has 0 atom stereocenters. The summed E-state index contributed by atoms with van der Waals surface area (Å²) in [5.74, 6) is 0.505. The molecule has 0 spiro atoms. The third-order valence-corrected chi connectivity index (χ3v) is 5.37. The van der Waals surface area contributed by atoms with E-state index in [1.165, 1.54) is 5.56 Å². The van der Waals surface area contributed by atoms with Crippen molar-refractivity contribution in [2.45, 2.75) is 39.0 Å². The largest absolute Gasteiger partial charge is 0.370 e. The van der Waals surface area contributed by atoms with Gasteiger partial charge in [-0.25, -0.2) is 0 Å². The summed E-state index contributed by atoms with van der Waals surface area (Å²) in [6.45, 7) is 3.67. The van der Waals surface area contributed by atoms with E-state index in [-0.39, 0.29) is 11.8 Å². The molecule has 0 aliphatic carbocycles. The van der Waals surface area contributed by atoms with Crippen LogP contribution in [0.15, 0.2) is 48.5 Å². The van der Waals surface area contributed by atoms with Gasteiger partial charge in [0.05, 0.1) is 0 Å². The Labute approximate surface area is 161 Å². The van der Waals surface area contributed by atoms with E-state index in [2.05, 4.69) is 24.3 Å². The summed E-state index contributed by atoms with van der Waals surface area (Å²) in [6, 6.07) is 16.3. The van der Waals surface area contributed by atoms with E-state index in [0.29, 0.717) is 18.8 Å². The van der Waals surface area contributed by atoms with Crippen molar-refractivity contribution in [3.8, 4) is 0 Å². The number of benzene rings is 2. The van der Waals surface area contributed by atoms with Gasteiger partial charge in [0.15, 0.2) is 0 Å². The van der Waals surface area contributed by atoms with E-state index in [1.807, 2.05) is 36.1 Å². The minimum atomic E-state index is -0.258. The van der Waals surface area contributed by atoms with E-state index in [1.54, 1.807) is 0 Å². The molecule has 3 rings (SSSR count). The lowest BCUT2D eigenvalue weighted by molar-refractivity contribution is -0.117. The molecular formula is C23H28N2O2. The highest BCUT2D eigenvalue weighted by atomic mass is 16.2. The second kappa shape index (κ2) is 8.85. The Morgan fingerprint density at radius 3 is 2.33 bits per heavy atom. The molecule has 4 nitrogen and oxygen atoms in total. The summed E-state index contributed by atoms with van der Waals surface area (Å²) in [6.07, 6.45) is 4.23. The fraction of sp³-hybridized carbons (Fsp3) is 0.391. The van der Waals surface area contributed by atoms with E-state index in [0.717, 1.165) is 49.0 Å². The van der Waals surface area contributed by atoms with Crippen LogP contribution in [-0.2, 0) is 17.6 Å². The maximum Gasteiger partial charge on any atom is 0.253 e. The number of carbonyl (C=O) groups is 2. The Morgan fingerprint density at radius 2 is 1.70 bits per heavy atom. The summed E-state index contributed by atoms with van der Waals surface area (Å²) in [5, 5.41) is 0. The number of aryl methyl sites for hydroxylation is 2. The minimum absolute atomic E-state index is 0.149. The van der Waals surface area contributed by atoms with Crippen LogP contribution in [0.3, 0.4) is 0 Å². The van der Waals surface area contributed by atoms with E-state index in [9.17, 15) is 9.59 Å². The van der Waals surface area contributed by atoms with Crippen LogP contribution in [0, 0.1) is 12.8 Å². The molecule has 1 aliphatic rings. The number of hydrogen-bond acceptors (Lipinski definition) is 2. The molecule has 0 unspecified atom stereocenters. The van der Waals surface area contributed by atoms with Crippen molar-refractivity contribution in [1.82, 2.24) is 4.90 Å². The molecule has 1 aliphatic heterocycles. The average Bonchev–Trinajstić information content (AvgIpc) is 2.67. The first-order valence-electron chi connectivity index (χ1n) is 9.73. The molecule has 1 fully saturated rings. The summed E-state index contributed by atoms with van der Waals surface area (Å²) >= 11 is 0. The van der Waals surface area contributed by atoms with Gasteiger partial charge < -0.3 is 10.6 Å². The minimum Gasteiger partial charge on any atom is -0.370 e. The Balaban J connectivity index is 1.49. The van der Waals surface area contributed by atoms with Gasteiger partial charge in [-0.2, -0.15) is 0 Å². The molecule has 0 aromatic heterocycles. The zero-order valence-electron chi connectivity index (χ0n) is 16.0. The Morgan fingerprint density at radius 1 is 1.04 bits per heavy atom. The number of nitrogens with two attached hydrogens (primary N) is 1. The summed E-state index contributed by atoms with van der Waals surface area (Å²) in [7, 11) is 0. The van der Waals surface area contributed by atoms with Gasteiger partial charge >= 0.3 is 0 Å². The molecule has 1 heterocycles. The molecule has 0 bridgehead atoms. The van der Waals surface area contributed by atoms with Crippen LogP contribution in [0.5, 0.6) is 0 Å². The van der Waals surface area contributed by atoms with Crippen LogP contribution in [0.25, 0.3) is 0 Å². The van der Waals surface area contributed by atoms with Crippen molar-refractivity contribution in [3.05, 3.63) is 70.8 Å². The molecule has 2 aromatic carbocycles. The van der Waals surface area contributed by atoms with Gasteiger partial charge in [-0.05, 0) is 61.8 Å². The quantitative estimate of drug-likeness (QED) is 0.852. The fourth-order valence-corrected chi connectivity index (χ4v) is 3.74. The summed E-state index contributed by atoms with van der Waals surface area (Å²) in [5.41, 5.74) is 9.59. The standard InChI is InChI=1S/C23H28N2O2/c1-17-3-2-4-21(15-17)23(27)25-13-11-20(12-14-25)16-19-7-5-18(6-8-19)9-10-22(24)26/h2-8,15,20H,9-14,16H2,1H3,(H2,24,26). The van der Waals surface area contributed by atoms with Crippen molar-refractivity contribution < 1.29 is 9.59 Å². The van der Waals surface area contributed by atoms with Gasteiger partial charge in [0.25, 0.3) is 5.91 Å². The van der Waals surface area contributed by atoms with E-state index >= 15 is 0 Å². The predicted octanol–water partition coefficient (Wildman–Crippen LogP) is 3.51. The number of nitrogens with zero attached hydrogens (tertiary/aromatic N) is 1. The normalized spacial score (nSPS) is 14.9. The van der Waals surface area contributed by atoms with Crippen molar-refractivity contribution in [1.29, 1.82) is 0 Å². The molecule has 1 saturated heterocycles. The molecule has 0 saturated carbocycles. The van der Waals surface area contributed by atoms with E-state index in [4.69, 9.17) is 5.73 Å². The van der Waals surface area contributed by atoms with Crippen molar-refractivity contribution in [3.63, 3.8) is 0 Å². The first kappa shape index (κ1) is 19.2. The van der Waals surface area contributed by atoms with Gasteiger partial charge in [-0.3, -0.25) is 9.59 Å². The van der Waals surface area contributed by atoms with E-state index < -0.39 is 0 Å². The first-order chi connectivity index (χ1) is 13.0.